The number of aromatic amines is 1. The molecule has 2 N–H and O–H groups in total. The smallest absolute Gasteiger partial charge is 0.270 e. The normalized spacial score (nSPS) is 11.6. The van der Waals surface area contributed by atoms with E-state index in [0.29, 0.717) is 18.7 Å². The summed E-state index contributed by atoms with van der Waals surface area (Å²) in [6.45, 7) is 2.51. The summed E-state index contributed by atoms with van der Waals surface area (Å²) in [5, 5.41) is 15.1. The Bertz CT molecular complexity index is 1090. The number of nitrogens with zero attached hydrogens (tertiary/aromatic N) is 1. The molecule has 2 aromatic carbocycles. The van der Waals surface area contributed by atoms with Gasteiger partial charge in [-0.3, -0.25) is 10.1 Å². The topological polar surface area (TPSA) is 105 Å². The van der Waals surface area contributed by atoms with Crippen molar-refractivity contribution in [2.75, 3.05) is 18.1 Å². The quantitative estimate of drug-likeness (QED) is 0.509. The maximum Gasteiger partial charge on any atom is 0.270 e. The molecule has 0 aliphatic rings. The van der Waals surface area contributed by atoms with E-state index in [-0.39, 0.29) is 10.6 Å². The largest absolute Gasteiger partial charge is 0.384 e. The second-order valence-electron chi connectivity index (χ2n) is 6.16. The fourth-order valence-corrected chi connectivity index (χ4v) is 3.93. The van der Waals surface area contributed by atoms with E-state index in [1.165, 1.54) is 12.1 Å². The van der Waals surface area contributed by atoms with Crippen LogP contribution in [0.4, 0.5) is 11.4 Å². The molecule has 0 unspecified atom stereocenters. The van der Waals surface area contributed by atoms with Crippen molar-refractivity contribution in [2.45, 2.75) is 18.2 Å². The zero-order valence-electron chi connectivity index (χ0n) is 14.4. The molecule has 7 nitrogen and oxygen atoms in total. The number of anilines is 1. The first-order valence-electron chi connectivity index (χ1n) is 8.06. The molecule has 3 aromatic rings. The van der Waals surface area contributed by atoms with Gasteiger partial charge >= 0.3 is 0 Å². The van der Waals surface area contributed by atoms with Crippen molar-refractivity contribution < 1.29 is 13.3 Å². The second-order valence-corrected chi connectivity index (χ2v) is 8.14. The highest BCUT2D eigenvalue weighted by molar-refractivity contribution is 7.90. The molecule has 0 saturated carbocycles. The third-order valence-corrected chi connectivity index (χ3v) is 5.43. The van der Waals surface area contributed by atoms with E-state index < -0.39 is 14.8 Å². The van der Waals surface area contributed by atoms with Crippen LogP contribution >= 0.6 is 0 Å². The summed E-state index contributed by atoms with van der Waals surface area (Å²) in [5.41, 5.74) is 3.42. The van der Waals surface area contributed by atoms with Crippen LogP contribution in [0.3, 0.4) is 0 Å². The first-order valence-corrected chi connectivity index (χ1v) is 9.95. The number of hydrogen-bond donors (Lipinski definition) is 2. The van der Waals surface area contributed by atoms with Crippen molar-refractivity contribution in [3.63, 3.8) is 0 Å². The number of H-pyrrole nitrogens is 1. The number of aromatic nitrogens is 1. The van der Waals surface area contributed by atoms with Gasteiger partial charge in [0.25, 0.3) is 5.69 Å². The van der Waals surface area contributed by atoms with Gasteiger partial charge < -0.3 is 10.3 Å². The van der Waals surface area contributed by atoms with E-state index in [4.69, 9.17) is 0 Å². The molecule has 0 aliphatic carbocycles. The Morgan fingerprint density at radius 2 is 1.92 bits per heavy atom. The molecule has 1 aromatic heterocycles. The van der Waals surface area contributed by atoms with E-state index in [0.717, 1.165) is 34.5 Å². The number of para-hydroxylation sites is 1. The molecule has 0 amide bonds. The highest BCUT2D eigenvalue weighted by Gasteiger charge is 2.18. The minimum Gasteiger partial charge on any atom is -0.384 e. The molecule has 0 fully saturated rings. The van der Waals surface area contributed by atoms with Gasteiger partial charge in [0.1, 0.15) is 0 Å². The van der Waals surface area contributed by atoms with Gasteiger partial charge in [-0.2, -0.15) is 0 Å². The Morgan fingerprint density at radius 1 is 1.19 bits per heavy atom. The Labute approximate surface area is 151 Å². The summed E-state index contributed by atoms with van der Waals surface area (Å²) in [7, 11) is -3.59. The average Bonchev–Trinajstić information content (AvgIpc) is 2.89. The summed E-state index contributed by atoms with van der Waals surface area (Å²) in [6, 6.07) is 11.8. The lowest BCUT2D eigenvalue weighted by Crippen LogP contribution is -2.10. The number of nitrogens with one attached hydrogen (secondary N) is 2. The number of benzene rings is 2. The molecule has 0 atom stereocenters. The van der Waals surface area contributed by atoms with Crippen LogP contribution in [0.25, 0.3) is 10.9 Å². The maximum atomic E-state index is 12.0. The SMILES string of the molecule is Cc1[nH]c2ccccc2c1CCNc1ccc([N+](=O)[O-])cc1S(C)(=O)=O. The Hall–Kier alpha value is -2.87. The lowest BCUT2D eigenvalue weighted by Gasteiger charge is -2.11. The van der Waals surface area contributed by atoms with Gasteiger partial charge in [-0.1, -0.05) is 18.2 Å². The van der Waals surface area contributed by atoms with E-state index in [1.54, 1.807) is 0 Å². The first kappa shape index (κ1) is 17.9. The van der Waals surface area contributed by atoms with E-state index in [1.807, 2.05) is 31.2 Å². The average molecular weight is 373 g/mol. The monoisotopic (exact) mass is 373 g/mol. The van der Waals surface area contributed by atoms with Crippen molar-refractivity contribution >= 4 is 32.1 Å². The van der Waals surface area contributed by atoms with Crippen molar-refractivity contribution in [1.82, 2.24) is 4.98 Å². The summed E-state index contributed by atoms with van der Waals surface area (Å²) >= 11 is 0. The van der Waals surface area contributed by atoms with Crippen LogP contribution in [0.2, 0.25) is 0 Å². The number of nitro benzene ring substituents is 1. The molecular weight excluding hydrogens is 354 g/mol. The number of sulfone groups is 1. The van der Waals surface area contributed by atoms with Crippen molar-refractivity contribution in [3.05, 3.63) is 63.8 Å². The third kappa shape index (κ3) is 3.55. The molecule has 3 rings (SSSR count). The van der Waals surface area contributed by atoms with Crippen LogP contribution in [0.15, 0.2) is 47.4 Å². The van der Waals surface area contributed by atoms with Crippen LogP contribution in [-0.4, -0.2) is 31.1 Å². The zero-order chi connectivity index (χ0) is 18.9. The molecule has 0 aliphatic heterocycles. The first-order chi connectivity index (χ1) is 12.3. The number of rotatable bonds is 6. The lowest BCUT2D eigenvalue weighted by molar-refractivity contribution is -0.385. The highest BCUT2D eigenvalue weighted by Crippen LogP contribution is 2.27. The predicted octanol–water partition coefficient (Wildman–Crippen LogP) is 3.44. The fourth-order valence-electron chi connectivity index (χ4n) is 3.06. The number of hydrogen-bond acceptors (Lipinski definition) is 5. The maximum absolute atomic E-state index is 12.0. The second kappa shape index (κ2) is 6.80. The van der Waals surface area contributed by atoms with Gasteiger partial charge in [0.05, 0.1) is 15.5 Å². The van der Waals surface area contributed by atoms with Crippen molar-refractivity contribution in [3.8, 4) is 0 Å². The number of nitro groups is 1. The highest BCUT2D eigenvalue weighted by atomic mass is 32.2. The number of aryl methyl sites for hydroxylation is 1. The van der Waals surface area contributed by atoms with Crippen molar-refractivity contribution in [2.24, 2.45) is 0 Å². The van der Waals surface area contributed by atoms with Gasteiger partial charge in [0, 0.05) is 41.5 Å². The van der Waals surface area contributed by atoms with E-state index in [2.05, 4.69) is 10.3 Å². The van der Waals surface area contributed by atoms with E-state index in [9.17, 15) is 18.5 Å². The summed E-state index contributed by atoms with van der Waals surface area (Å²) < 4.78 is 24.0. The lowest BCUT2D eigenvalue weighted by atomic mass is 10.1. The third-order valence-electron chi connectivity index (χ3n) is 4.29. The van der Waals surface area contributed by atoms with Crippen LogP contribution in [-0.2, 0) is 16.3 Å². The molecule has 0 radical (unpaired) electrons. The molecule has 0 spiro atoms. The summed E-state index contributed by atoms with van der Waals surface area (Å²) in [6.07, 6.45) is 1.73. The summed E-state index contributed by atoms with van der Waals surface area (Å²) in [4.78, 5) is 13.6. The van der Waals surface area contributed by atoms with Gasteiger partial charge in [-0.25, -0.2) is 8.42 Å². The Morgan fingerprint density at radius 3 is 2.62 bits per heavy atom. The zero-order valence-corrected chi connectivity index (χ0v) is 15.3. The summed E-state index contributed by atoms with van der Waals surface area (Å²) in [5.74, 6) is 0. The van der Waals surface area contributed by atoms with Gasteiger partial charge in [-0.15, -0.1) is 0 Å². The predicted molar refractivity (Wildman–Crippen MR) is 101 cm³/mol. The van der Waals surface area contributed by atoms with Gasteiger partial charge in [-0.05, 0) is 31.0 Å². The molecule has 26 heavy (non-hydrogen) atoms. The number of non-ortho nitro benzene ring substituents is 1. The van der Waals surface area contributed by atoms with Crippen molar-refractivity contribution in [1.29, 1.82) is 0 Å². The molecule has 0 bridgehead atoms. The minimum absolute atomic E-state index is 0.0673. The van der Waals surface area contributed by atoms with Crippen LogP contribution < -0.4 is 5.32 Å². The number of fused-ring (bicyclic) bond motifs is 1. The van der Waals surface area contributed by atoms with Gasteiger partial charge in [0.2, 0.25) is 0 Å². The Balaban J connectivity index is 1.83. The fraction of sp³-hybridized carbons (Fsp3) is 0.222. The van der Waals surface area contributed by atoms with Crippen LogP contribution in [0.1, 0.15) is 11.3 Å². The molecule has 136 valence electrons. The molecular formula is C18H19N3O4S. The van der Waals surface area contributed by atoms with E-state index >= 15 is 0 Å². The molecule has 0 saturated heterocycles. The minimum atomic E-state index is -3.59. The van der Waals surface area contributed by atoms with Crippen LogP contribution in [0, 0.1) is 17.0 Å². The van der Waals surface area contributed by atoms with Crippen LogP contribution in [0.5, 0.6) is 0 Å². The molecule has 8 heteroatoms. The molecule has 1 heterocycles. The van der Waals surface area contributed by atoms with Gasteiger partial charge in [0.15, 0.2) is 9.84 Å². The standard InChI is InChI=1S/C18H19N3O4S/c1-12-14(15-5-3-4-6-16(15)20-12)9-10-19-17-8-7-13(21(22)23)11-18(17)26(2,24)25/h3-8,11,19-20H,9-10H2,1-2H3. The Kier molecular flexibility index (Phi) is 4.69.